The molecule has 4 aromatic carbocycles. The molecule has 0 saturated carbocycles. The van der Waals surface area contributed by atoms with Crippen LogP contribution in [0.1, 0.15) is 52.7 Å². The maximum Gasteiger partial charge on any atom is 0.302 e. The lowest BCUT2D eigenvalue weighted by atomic mass is 9.79. The van der Waals surface area contributed by atoms with Gasteiger partial charge in [-0.1, -0.05) is 98.8 Å². The van der Waals surface area contributed by atoms with Gasteiger partial charge in [0, 0.05) is 54.9 Å². The average Bonchev–Trinajstić information content (AvgIpc) is 3.59. The van der Waals surface area contributed by atoms with Crippen LogP contribution in [0.5, 0.6) is 0 Å². The summed E-state index contributed by atoms with van der Waals surface area (Å²) in [4.78, 5) is 24.3. The Bertz CT molecular complexity index is 2320. The number of hydrogen-bond acceptors (Lipinski definition) is 9. The molecule has 0 spiro atoms. The minimum Gasteiger partial charge on any atom is -0.463 e. The van der Waals surface area contributed by atoms with E-state index >= 15 is 0 Å². The largest absolute Gasteiger partial charge is 0.463 e. The second-order valence-corrected chi connectivity index (χ2v) is 16.1. The minimum atomic E-state index is -0.308. The molecule has 10 heteroatoms. The van der Waals surface area contributed by atoms with Gasteiger partial charge < -0.3 is 33.3 Å². The highest BCUT2D eigenvalue weighted by atomic mass is 16.6. The summed E-state index contributed by atoms with van der Waals surface area (Å²) in [5.74, 6) is -0.616. The van der Waals surface area contributed by atoms with Gasteiger partial charge in [0.2, 0.25) is 5.69 Å². The number of allylic oxidation sites excluding steroid dienone is 8. The molecule has 2 heterocycles. The van der Waals surface area contributed by atoms with Gasteiger partial charge >= 0.3 is 11.9 Å². The molecule has 6 rings (SSSR count). The lowest BCUT2D eigenvalue weighted by molar-refractivity contribution is -0.442. The van der Waals surface area contributed by atoms with Crippen molar-refractivity contribution in [2.24, 2.45) is 0 Å². The van der Waals surface area contributed by atoms with E-state index in [0.717, 1.165) is 0 Å². The Morgan fingerprint density at radius 3 is 1.74 bits per heavy atom. The fourth-order valence-electron chi connectivity index (χ4n) is 8.48. The van der Waals surface area contributed by atoms with Gasteiger partial charge in [-0.2, -0.15) is 4.58 Å². The molecule has 0 aromatic heterocycles. The van der Waals surface area contributed by atoms with Crippen molar-refractivity contribution in [1.82, 2.24) is 0 Å². The van der Waals surface area contributed by atoms with Crippen LogP contribution in [0.15, 0.2) is 121 Å². The SMILES string of the molecule is CC(=O)OCCOCCOCCN1/C(=C/C=C/C=C/C=C/C2=[N+](CCOCCOCCOC(C)=O)c3ccc4ccccc4c3C2(C)C)C(C)(C)c2c1ccc1ccccc21. The zero-order valence-corrected chi connectivity index (χ0v) is 36.6. The Balaban J connectivity index is 1.14. The molecular formula is C51H61N2O8+. The molecule has 0 fully saturated rings. The normalized spacial score (nSPS) is 16.2. The van der Waals surface area contributed by atoms with E-state index in [0.29, 0.717) is 65.9 Å². The van der Waals surface area contributed by atoms with Crippen molar-refractivity contribution in [3.63, 3.8) is 0 Å². The molecule has 4 aromatic rings. The van der Waals surface area contributed by atoms with E-state index in [1.54, 1.807) is 0 Å². The van der Waals surface area contributed by atoms with Crippen LogP contribution in [0.2, 0.25) is 0 Å². The van der Waals surface area contributed by atoms with Crippen LogP contribution in [0, 0.1) is 0 Å². The summed E-state index contributed by atoms with van der Waals surface area (Å²) in [7, 11) is 0. The molecule has 61 heavy (non-hydrogen) atoms. The fraction of sp³-hybridized carbons (Fsp3) is 0.392. The van der Waals surface area contributed by atoms with Crippen molar-refractivity contribution in [3.8, 4) is 0 Å². The first kappa shape index (κ1) is 45.1. The van der Waals surface area contributed by atoms with Gasteiger partial charge in [0.15, 0.2) is 12.3 Å². The summed E-state index contributed by atoms with van der Waals surface area (Å²) >= 11 is 0. The summed E-state index contributed by atoms with van der Waals surface area (Å²) in [6.07, 6.45) is 14.9. The molecule has 0 atom stereocenters. The molecule has 0 saturated heterocycles. The van der Waals surface area contributed by atoms with Crippen molar-refractivity contribution < 1.29 is 42.6 Å². The maximum atomic E-state index is 11.0. The lowest BCUT2D eigenvalue weighted by Crippen LogP contribution is -2.29. The maximum absolute atomic E-state index is 11.0. The van der Waals surface area contributed by atoms with Crippen molar-refractivity contribution in [2.75, 3.05) is 84.1 Å². The number of carbonyl (C=O) groups is 2. The van der Waals surface area contributed by atoms with Gasteiger partial charge in [0.25, 0.3) is 0 Å². The van der Waals surface area contributed by atoms with Gasteiger partial charge in [0.05, 0.1) is 51.7 Å². The third kappa shape index (κ3) is 11.1. The quantitative estimate of drug-likeness (QED) is 0.0333. The van der Waals surface area contributed by atoms with Gasteiger partial charge in [0.1, 0.15) is 19.8 Å². The highest BCUT2D eigenvalue weighted by Gasteiger charge is 2.45. The van der Waals surface area contributed by atoms with E-state index in [4.69, 9.17) is 28.4 Å². The molecule has 0 radical (unpaired) electrons. The van der Waals surface area contributed by atoms with Crippen LogP contribution >= 0.6 is 0 Å². The van der Waals surface area contributed by atoms with Crippen LogP contribution in [-0.2, 0) is 48.8 Å². The summed E-state index contributed by atoms with van der Waals surface area (Å²) in [5.41, 5.74) is 6.99. The number of benzene rings is 4. The third-order valence-corrected chi connectivity index (χ3v) is 11.2. The summed E-state index contributed by atoms with van der Waals surface area (Å²) in [6, 6.07) is 26.1. The number of anilines is 1. The summed E-state index contributed by atoms with van der Waals surface area (Å²) in [5, 5.41) is 4.99. The summed E-state index contributed by atoms with van der Waals surface area (Å²) in [6.45, 7) is 17.4. The summed E-state index contributed by atoms with van der Waals surface area (Å²) < 4.78 is 35.4. The van der Waals surface area contributed by atoms with E-state index in [1.807, 2.05) is 0 Å². The van der Waals surface area contributed by atoms with Crippen molar-refractivity contribution in [3.05, 3.63) is 132 Å². The topological polar surface area (TPSA) is 95.8 Å². The molecule has 0 aliphatic carbocycles. The van der Waals surface area contributed by atoms with Crippen molar-refractivity contribution in [2.45, 2.75) is 52.4 Å². The first-order valence-electron chi connectivity index (χ1n) is 21.3. The molecule has 2 aliphatic heterocycles. The number of rotatable bonds is 22. The van der Waals surface area contributed by atoms with Crippen molar-refractivity contribution >= 4 is 50.6 Å². The zero-order valence-electron chi connectivity index (χ0n) is 36.6. The molecule has 0 unspecified atom stereocenters. The second-order valence-electron chi connectivity index (χ2n) is 16.1. The van der Waals surface area contributed by atoms with E-state index in [9.17, 15) is 9.59 Å². The number of esters is 2. The molecule has 10 nitrogen and oxygen atoms in total. The molecule has 0 amide bonds. The van der Waals surface area contributed by atoms with Crippen LogP contribution in [-0.4, -0.2) is 101 Å². The van der Waals surface area contributed by atoms with Gasteiger partial charge in [-0.3, -0.25) is 9.59 Å². The van der Waals surface area contributed by atoms with E-state index < -0.39 is 0 Å². The van der Waals surface area contributed by atoms with Crippen LogP contribution in [0.3, 0.4) is 0 Å². The van der Waals surface area contributed by atoms with Crippen LogP contribution in [0.25, 0.3) is 21.5 Å². The first-order chi connectivity index (χ1) is 29.5. The first-order valence-corrected chi connectivity index (χ1v) is 21.3. The van der Waals surface area contributed by atoms with Crippen molar-refractivity contribution in [1.29, 1.82) is 0 Å². The van der Waals surface area contributed by atoms with Crippen LogP contribution in [0.4, 0.5) is 11.4 Å². The number of nitrogens with zero attached hydrogens (tertiary/aromatic N) is 2. The lowest BCUT2D eigenvalue weighted by Gasteiger charge is -2.27. The minimum absolute atomic E-state index is 0.237. The number of hydrogen-bond donors (Lipinski definition) is 0. The Kier molecular flexibility index (Phi) is 15.8. The Hall–Kier alpha value is -5.39. The Morgan fingerprint density at radius 1 is 0.574 bits per heavy atom. The molecule has 0 bridgehead atoms. The van der Waals surface area contributed by atoms with Gasteiger partial charge in [-0.05, 0) is 59.2 Å². The van der Waals surface area contributed by atoms with Gasteiger partial charge in [-0.15, -0.1) is 0 Å². The van der Waals surface area contributed by atoms with Gasteiger partial charge in [-0.25, -0.2) is 0 Å². The Labute approximate surface area is 360 Å². The Morgan fingerprint density at radius 2 is 1.10 bits per heavy atom. The number of carbonyl (C=O) groups excluding carboxylic acids is 2. The smallest absolute Gasteiger partial charge is 0.302 e. The second kappa shape index (κ2) is 21.4. The standard InChI is InChI=1S/C51H61N2O8/c1-38(54)60-36-34-58-32-30-56-28-26-52-44-24-22-40-16-12-14-18-42(40)48(44)50(3,4)46(52)20-10-8-7-9-11-21-47-51(5,6)49-43-19-15-13-17-41(43)23-25-45(49)53(47)27-29-57-31-33-59-35-37-61-39(2)55/h7-25H,26-37H2,1-6H3/q+1. The zero-order chi connectivity index (χ0) is 43.2. The molecule has 322 valence electrons. The highest BCUT2D eigenvalue weighted by Crippen LogP contribution is 2.50. The molecular weight excluding hydrogens is 769 g/mol. The molecule has 2 aliphatic rings. The monoisotopic (exact) mass is 829 g/mol. The van der Waals surface area contributed by atoms with E-state index in [-0.39, 0.29) is 36.0 Å². The van der Waals surface area contributed by atoms with Crippen LogP contribution < -0.4 is 4.90 Å². The van der Waals surface area contributed by atoms with E-state index in [1.165, 1.54) is 69.3 Å². The van der Waals surface area contributed by atoms with E-state index in [2.05, 4.69) is 152 Å². The predicted molar refractivity (Wildman–Crippen MR) is 243 cm³/mol. The number of ether oxygens (including phenoxy) is 6. The fourth-order valence-corrected chi connectivity index (χ4v) is 8.48. The molecule has 0 N–H and O–H groups in total. The predicted octanol–water partition coefficient (Wildman–Crippen LogP) is 8.91. The number of fused-ring (bicyclic) bond motifs is 6. The highest BCUT2D eigenvalue weighted by molar-refractivity contribution is 6.07. The average molecular weight is 830 g/mol. The third-order valence-electron chi connectivity index (χ3n) is 11.2.